The Morgan fingerprint density at radius 3 is 2.10 bits per heavy atom. The molecular weight excluding hydrogens is 431 g/mol. The molecule has 3 aromatic rings. The Kier molecular flexibility index (Phi) is 9.79. The molecule has 0 N–H and O–H groups in total. The number of hydrogen-bond donors (Lipinski definition) is 0. The van der Waals surface area contributed by atoms with Crippen LogP contribution in [-0.2, 0) is 6.54 Å². The molecule has 6 heteroatoms. The average Bonchev–Trinajstić information content (AvgIpc) is 2.78. The van der Waals surface area contributed by atoms with Gasteiger partial charge in [0.25, 0.3) is 0 Å². The molecule has 31 heavy (non-hydrogen) atoms. The van der Waals surface area contributed by atoms with Crippen LogP contribution in [0.5, 0.6) is 5.75 Å². The van der Waals surface area contributed by atoms with E-state index in [1.165, 1.54) is 5.56 Å². The van der Waals surface area contributed by atoms with Crippen molar-refractivity contribution in [2.45, 2.75) is 13.0 Å². The Labute approximate surface area is 197 Å². The highest BCUT2D eigenvalue weighted by molar-refractivity contribution is 6.09. The van der Waals surface area contributed by atoms with Gasteiger partial charge in [0.1, 0.15) is 5.75 Å². The second kappa shape index (κ2) is 12.1. The molecule has 0 unspecified atom stereocenters. The Bertz CT molecular complexity index is 974. The number of fused-ring (bicyclic) bond motifs is 1. The van der Waals surface area contributed by atoms with Gasteiger partial charge in [-0.3, -0.25) is 9.69 Å². The lowest BCUT2D eigenvalue weighted by molar-refractivity contribution is 0.0924. The second-order valence-corrected chi connectivity index (χ2v) is 7.64. The minimum Gasteiger partial charge on any atom is -0.496 e. The maximum Gasteiger partial charge on any atom is 0.164 e. The summed E-state index contributed by atoms with van der Waals surface area (Å²) in [7, 11) is 1.67. The fourth-order valence-electron chi connectivity index (χ4n) is 4.10. The Balaban J connectivity index is 0.00000171. The molecule has 0 spiro atoms. The summed E-state index contributed by atoms with van der Waals surface area (Å²) in [5, 5.41) is 1.97. The van der Waals surface area contributed by atoms with E-state index in [1.54, 1.807) is 7.11 Å². The first-order valence-electron chi connectivity index (χ1n) is 10.3. The topological polar surface area (TPSA) is 32.8 Å². The number of halogens is 2. The van der Waals surface area contributed by atoms with Crippen molar-refractivity contribution in [2.75, 3.05) is 39.8 Å². The maximum absolute atomic E-state index is 12.9. The minimum atomic E-state index is 0. The third-order valence-electron chi connectivity index (χ3n) is 5.77. The third-order valence-corrected chi connectivity index (χ3v) is 5.77. The van der Waals surface area contributed by atoms with Crippen LogP contribution in [0.3, 0.4) is 0 Å². The van der Waals surface area contributed by atoms with Crippen LogP contribution in [0.4, 0.5) is 0 Å². The molecule has 4 nitrogen and oxygen atoms in total. The molecule has 1 saturated heterocycles. The number of ether oxygens (including phenoxy) is 1. The van der Waals surface area contributed by atoms with E-state index in [-0.39, 0.29) is 30.6 Å². The number of methoxy groups -OCH3 is 1. The lowest BCUT2D eigenvalue weighted by atomic mass is 9.99. The fourth-order valence-corrected chi connectivity index (χ4v) is 4.10. The van der Waals surface area contributed by atoms with E-state index in [0.29, 0.717) is 6.42 Å². The van der Waals surface area contributed by atoms with Crippen molar-refractivity contribution < 1.29 is 9.53 Å². The standard InChI is InChI=1S/C25H28N2O2.2ClH/c1-29-25-12-11-22(21-9-5-6-10-23(21)25)24(28)13-14-26-15-17-27(18-16-26)19-20-7-3-2-4-8-20;;/h2-12H,13-19H2,1H3;2*1H. The molecule has 1 aliphatic rings. The number of hydrogen-bond acceptors (Lipinski definition) is 4. The third kappa shape index (κ3) is 6.20. The van der Waals surface area contributed by atoms with E-state index in [0.717, 1.165) is 61.4 Å². The van der Waals surface area contributed by atoms with Gasteiger partial charge in [0.15, 0.2) is 5.78 Å². The van der Waals surface area contributed by atoms with Crippen LogP contribution in [0.25, 0.3) is 10.8 Å². The zero-order valence-corrected chi connectivity index (χ0v) is 19.5. The van der Waals surface area contributed by atoms with E-state index in [2.05, 4.69) is 40.1 Å². The van der Waals surface area contributed by atoms with Crippen molar-refractivity contribution in [1.29, 1.82) is 0 Å². The normalized spacial score (nSPS) is 14.5. The van der Waals surface area contributed by atoms with E-state index < -0.39 is 0 Å². The van der Waals surface area contributed by atoms with Crippen LogP contribution in [0.15, 0.2) is 66.7 Å². The predicted octanol–water partition coefficient (Wildman–Crippen LogP) is 5.08. The molecule has 1 heterocycles. The number of carbonyl (C=O) groups is 1. The number of rotatable bonds is 7. The van der Waals surface area contributed by atoms with Gasteiger partial charge in [-0.1, -0.05) is 54.6 Å². The fraction of sp³-hybridized carbons (Fsp3) is 0.320. The zero-order chi connectivity index (χ0) is 20.1. The van der Waals surface area contributed by atoms with Gasteiger partial charge >= 0.3 is 0 Å². The molecule has 3 aromatic carbocycles. The summed E-state index contributed by atoms with van der Waals surface area (Å²) in [6, 6.07) is 22.4. The van der Waals surface area contributed by atoms with Crippen LogP contribution in [0.1, 0.15) is 22.3 Å². The molecule has 1 aliphatic heterocycles. The molecule has 0 aliphatic carbocycles. The molecule has 0 aromatic heterocycles. The van der Waals surface area contributed by atoms with E-state index in [1.807, 2.05) is 36.4 Å². The summed E-state index contributed by atoms with van der Waals surface area (Å²) in [5.41, 5.74) is 2.16. The first-order chi connectivity index (χ1) is 14.2. The SMILES string of the molecule is COc1ccc(C(=O)CCN2CCN(Cc3ccccc3)CC2)c2ccccc12.Cl.Cl. The first-order valence-corrected chi connectivity index (χ1v) is 10.3. The highest BCUT2D eigenvalue weighted by atomic mass is 35.5. The summed E-state index contributed by atoms with van der Waals surface area (Å²) in [6.07, 6.45) is 0.551. The van der Waals surface area contributed by atoms with Crippen molar-refractivity contribution in [2.24, 2.45) is 0 Å². The molecule has 4 rings (SSSR count). The second-order valence-electron chi connectivity index (χ2n) is 7.64. The lowest BCUT2D eigenvalue weighted by Crippen LogP contribution is -2.46. The smallest absolute Gasteiger partial charge is 0.164 e. The largest absolute Gasteiger partial charge is 0.496 e. The first kappa shape index (κ1) is 25.2. The van der Waals surface area contributed by atoms with Gasteiger partial charge in [-0.25, -0.2) is 0 Å². The number of ketones is 1. The quantitative estimate of drug-likeness (QED) is 0.460. The van der Waals surface area contributed by atoms with E-state index in [9.17, 15) is 4.79 Å². The van der Waals surface area contributed by atoms with Crippen molar-refractivity contribution in [3.63, 3.8) is 0 Å². The lowest BCUT2D eigenvalue weighted by Gasteiger charge is -2.34. The van der Waals surface area contributed by atoms with Crippen LogP contribution in [0.2, 0.25) is 0 Å². The number of piperazine rings is 1. The molecule has 0 radical (unpaired) electrons. The van der Waals surface area contributed by atoms with Crippen molar-refractivity contribution in [3.8, 4) is 5.75 Å². The van der Waals surface area contributed by atoms with Crippen LogP contribution in [-0.4, -0.2) is 55.4 Å². The molecule has 0 atom stereocenters. The highest BCUT2D eigenvalue weighted by Gasteiger charge is 2.19. The van der Waals surface area contributed by atoms with Gasteiger partial charge < -0.3 is 9.64 Å². The summed E-state index contributed by atoms with van der Waals surface area (Å²) in [6.45, 7) is 5.96. The average molecular weight is 461 g/mol. The van der Waals surface area contributed by atoms with E-state index in [4.69, 9.17) is 4.74 Å². The van der Waals surface area contributed by atoms with Gasteiger partial charge in [-0.05, 0) is 23.1 Å². The molecular formula is C25H30Cl2N2O2. The van der Waals surface area contributed by atoms with Crippen LogP contribution >= 0.6 is 24.8 Å². The molecule has 1 fully saturated rings. The monoisotopic (exact) mass is 460 g/mol. The molecule has 166 valence electrons. The van der Waals surface area contributed by atoms with Crippen LogP contribution in [0, 0.1) is 0 Å². The summed E-state index contributed by atoms with van der Waals surface area (Å²) < 4.78 is 5.45. The number of Topliss-reactive ketones (excluding diaryl/α,β-unsaturated/α-hetero) is 1. The minimum absolute atomic E-state index is 0. The van der Waals surface area contributed by atoms with Gasteiger partial charge in [0, 0.05) is 56.6 Å². The van der Waals surface area contributed by atoms with Crippen molar-refractivity contribution in [3.05, 3.63) is 77.9 Å². The number of nitrogens with zero attached hydrogens (tertiary/aromatic N) is 2. The molecule has 0 amide bonds. The summed E-state index contributed by atoms with van der Waals surface area (Å²) in [4.78, 5) is 17.8. The Hall–Kier alpha value is -2.11. The van der Waals surface area contributed by atoms with Crippen LogP contribution < -0.4 is 4.74 Å². The summed E-state index contributed by atoms with van der Waals surface area (Å²) >= 11 is 0. The molecule has 0 saturated carbocycles. The Morgan fingerprint density at radius 2 is 1.42 bits per heavy atom. The van der Waals surface area contributed by atoms with Gasteiger partial charge in [0.2, 0.25) is 0 Å². The van der Waals surface area contributed by atoms with Gasteiger partial charge in [-0.15, -0.1) is 24.8 Å². The zero-order valence-electron chi connectivity index (χ0n) is 17.8. The Morgan fingerprint density at radius 1 is 0.806 bits per heavy atom. The summed E-state index contributed by atoms with van der Waals surface area (Å²) in [5.74, 6) is 1.02. The predicted molar refractivity (Wildman–Crippen MR) is 132 cm³/mol. The number of carbonyl (C=O) groups excluding carboxylic acids is 1. The highest BCUT2D eigenvalue weighted by Crippen LogP contribution is 2.29. The maximum atomic E-state index is 12.9. The van der Waals surface area contributed by atoms with E-state index >= 15 is 0 Å². The van der Waals surface area contributed by atoms with Crippen molar-refractivity contribution in [1.82, 2.24) is 9.80 Å². The van der Waals surface area contributed by atoms with Gasteiger partial charge in [-0.2, -0.15) is 0 Å². The van der Waals surface area contributed by atoms with Crippen molar-refractivity contribution >= 4 is 41.4 Å². The number of benzene rings is 3. The van der Waals surface area contributed by atoms with Gasteiger partial charge in [0.05, 0.1) is 7.11 Å². The molecule has 0 bridgehead atoms.